The molecule has 0 aliphatic rings. The molecule has 0 atom stereocenters. The largest absolute Gasteiger partial charge is 0.417 e. The smallest absolute Gasteiger partial charge is 0.306 e. The molecule has 3 heterocycles. The number of pyridine rings is 1. The van der Waals surface area contributed by atoms with Crippen LogP contribution in [0.4, 0.5) is 13.2 Å². The third-order valence-electron chi connectivity index (χ3n) is 3.26. The van der Waals surface area contributed by atoms with Gasteiger partial charge in [-0.1, -0.05) is 6.07 Å². The first kappa shape index (κ1) is 16.9. The molecule has 0 spiro atoms. The number of aromatic nitrogens is 2. The van der Waals surface area contributed by atoms with Gasteiger partial charge in [-0.3, -0.25) is 0 Å². The molecule has 3 rings (SSSR count). The Bertz CT molecular complexity index is 947. The molecule has 5 nitrogen and oxygen atoms in total. The van der Waals surface area contributed by atoms with Crippen molar-refractivity contribution >= 4 is 27.0 Å². The minimum absolute atomic E-state index is 0.107. The molecule has 0 unspecified atom stereocenters. The van der Waals surface area contributed by atoms with Crippen LogP contribution in [-0.4, -0.2) is 24.3 Å². The van der Waals surface area contributed by atoms with Crippen LogP contribution in [0.1, 0.15) is 11.3 Å². The quantitative estimate of drug-likeness (QED) is 0.746. The number of rotatable bonds is 5. The minimum Gasteiger partial charge on any atom is -0.306 e. The lowest BCUT2D eigenvalue weighted by atomic mass is 10.3. The Kier molecular flexibility index (Phi) is 4.37. The molecule has 0 saturated heterocycles. The van der Waals surface area contributed by atoms with E-state index in [1.165, 1.54) is 22.7 Å². The van der Waals surface area contributed by atoms with Crippen LogP contribution in [0.5, 0.6) is 0 Å². The van der Waals surface area contributed by atoms with Gasteiger partial charge in [0.05, 0.1) is 11.3 Å². The first-order valence-electron chi connectivity index (χ1n) is 6.84. The molecule has 3 aromatic heterocycles. The molecule has 24 heavy (non-hydrogen) atoms. The fourth-order valence-corrected chi connectivity index (χ4v) is 4.20. The van der Waals surface area contributed by atoms with Crippen molar-refractivity contribution in [2.75, 3.05) is 6.54 Å². The molecule has 0 aromatic carbocycles. The average molecular weight is 375 g/mol. The van der Waals surface area contributed by atoms with E-state index in [1.807, 2.05) is 0 Å². The van der Waals surface area contributed by atoms with Crippen LogP contribution < -0.4 is 4.72 Å². The fourth-order valence-electron chi connectivity index (χ4n) is 2.13. The number of nitrogens with zero attached hydrogens (tertiary/aromatic N) is 2. The van der Waals surface area contributed by atoms with E-state index in [9.17, 15) is 21.6 Å². The van der Waals surface area contributed by atoms with Crippen LogP contribution >= 0.6 is 11.3 Å². The molecule has 0 amide bonds. The Morgan fingerprint density at radius 1 is 1.21 bits per heavy atom. The van der Waals surface area contributed by atoms with Crippen molar-refractivity contribution in [1.29, 1.82) is 0 Å². The van der Waals surface area contributed by atoms with Crippen molar-refractivity contribution < 1.29 is 21.6 Å². The number of nitrogens with one attached hydrogen (secondary N) is 1. The van der Waals surface area contributed by atoms with Gasteiger partial charge in [-0.05, 0) is 23.6 Å². The van der Waals surface area contributed by atoms with Crippen molar-refractivity contribution in [3.63, 3.8) is 0 Å². The summed E-state index contributed by atoms with van der Waals surface area (Å²) in [5.41, 5.74) is 0.111. The maximum Gasteiger partial charge on any atom is 0.417 e. The summed E-state index contributed by atoms with van der Waals surface area (Å²) in [5.74, 6) is 0. The zero-order valence-corrected chi connectivity index (χ0v) is 13.7. The Hall–Kier alpha value is -1.91. The van der Waals surface area contributed by atoms with Gasteiger partial charge < -0.3 is 4.40 Å². The van der Waals surface area contributed by atoms with Crippen molar-refractivity contribution in [2.45, 2.75) is 16.8 Å². The van der Waals surface area contributed by atoms with Gasteiger partial charge >= 0.3 is 6.18 Å². The maximum absolute atomic E-state index is 12.7. The molecule has 0 aliphatic heterocycles. The van der Waals surface area contributed by atoms with E-state index in [2.05, 4.69) is 9.71 Å². The third kappa shape index (κ3) is 3.60. The van der Waals surface area contributed by atoms with Crippen LogP contribution in [0.2, 0.25) is 0 Å². The third-order valence-corrected chi connectivity index (χ3v) is 6.12. The van der Waals surface area contributed by atoms with E-state index in [0.29, 0.717) is 11.3 Å². The van der Waals surface area contributed by atoms with E-state index in [4.69, 9.17) is 0 Å². The predicted octanol–water partition coefficient (Wildman–Crippen LogP) is 2.94. The summed E-state index contributed by atoms with van der Waals surface area (Å²) in [6.07, 6.45) is -1.73. The SMILES string of the molecule is O=S(=O)(NCCc1cn2cc(C(F)(F)F)ccc2n1)c1cccs1. The molecule has 10 heteroatoms. The van der Waals surface area contributed by atoms with Crippen LogP contribution in [-0.2, 0) is 22.6 Å². The standard InChI is InChI=1S/C14H12F3N3O2S2/c15-14(16,17)10-3-4-12-19-11(9-20(12)8-10)5-6-18-24(21,22)13-2-1-7-23-13/h1-4,7-9,18H,5-6H2. The summed E-state index contributed by atoms with van der Waals surface area (Å²) in [5, 5.41) is 1.66. The zero-order valence-electron chi connectivity index (χ0n) is 12.1. The first-order chi connectivity index (χ1) is 11.3. The summed E-state index contributed by atoms with van der Waals surface area (Å²) < 4.78 is 65.9. The molecule has 0 bridgehead atoms. The van der Waals surface area contributed by atoms with Crippen LogP contribution in [0.3, 0.4) is 0 Å². The van der Waals surface area contributed by atoms with E-state index >= 15 is 0 Å². The number of imidazole rings is 1. The summed E-state index contributed by atoms with van der Waals surface area (Å²) >= 11 is 1.11. The molecular formula is C14H12F3N3O2S2. The lowest BCUT2D eigenvalue weighted by Gasteiger charge is -2.05. The second kappa shape index (κ2) is 6.19. The molecule has 0 radical (unpaired) electrons. The van der Waals surface area contributed by atoms with Crippen LogP contribution in [0.25, 0.3) is 5.65 Å². The van der Waals surface area contributed by atoms with Crippen molar-refractivity contribution in [2.24, 2.45) is 0 Å². The first-order valence-corrected chi connectivity index (χ1v) is 9.20. The minimum atomic E-state index is -4.42. The van der Waals surface area contributed by atoms with Crippen LogP contribution in [0, 0.1) is 0 Å². The average Bonchev–Trinajstić information content (AvgIpc) is 3.15. The number of hydrogen-bond acceptors (Lipinski definition) is 4. The number of alkyl halides is 3. The monoisotopic (exact) mass is 375 g/mol. The summed E-state index contributed by atoms with van der Waals surface area (Å²) in [6, 6.07) is 5.38. The van der Waals surface area contributed by atoms with E-state index in [-0.39, 0.29) is 17.2 Å². The van der Waals surface area contributed by atoms with E-state index < -0.39 is 21.8 Å². The van der Waals surface area contributed by atoms with Gasteiger partial charge in [0, 0.05) is 25.4 Å². The van der Waals surface area contributed by atoms with Crippen molar-refractivity contribution in [3.8, 4) is 0 Å². The number of fused-ring (bicyclic) bond motifs is 1. The Morgan fingerprint density at radius 2 is 2.00 bits per heavy atom. The van der Waals surface area contributed by atoms with Crippen molar-refractivity contribution in [1.82, 2.24) is 14.1 Å². The molecule has 3 aromatic rings. The van der Waals surface area contributed by atoms with Gasteiger partial charge in [0.25, 0.3) is 0 Å². The maximum atomic E-state index is 12.7. The van der Waals surface area contributed by atoms with Gasteiger partial charge in [-0.25, -0.2) is 18.1 Å². The summed E-state index contributed by atoms with van der Waals surface area (Å²) in [4.78, 5) is 4.18. The summed E-state index contributed by atoms with van der Waals surface area (Å²) in [7, 11) is -3.56. The van der Waals surface area contributed by atoms with Gasteiger partial charge in [0.2, 0.25) is 10.0 Å². The Balaban J connectivity index is 1.70. The number of sulfonamides is 1. The van der Waals surface area contributed by atoms with Crippen molar-refractivity contribution in [3.05, 3.63) is 53.3 Å². The van der Waals surface area contributed by atoms with Gasteiger partial charge in [0.15, 0.2) is 0 Å². The highest BCUT2D eigenvalue weighted by Gasteiger charge is 2.30. The fraction of sp³-hybridized carbons (Fsp3) is 0.214. The molecule has 0 aliphatic carbocycles. The van der Waals surface area contributed by atoms with Crippen LogP contribution in [0.15, 0.2) is 46.2 Å². The molecule has 1 N–H and O–H groups in total. The second-order valence-corrected chi connectivity index (χ2v) is 7.93. The highest BCUT2D eigenvalue weighted by Crippen LogP contribution is 2.29. The van der Waals surface area contributed by atoms with E-state index in [1.54, 1.807) is 11.4 Å². The number of thiophene rings is 1. The lowest BCUT2D eigenvalue weighted by Crippen LogP contribution is -2.25. The number of hydrogen-bond donors (Lipinski definition) is 1. The van der Waals surface area contributed by atoms with E-state index in [0.717, 1.165) is 23.6 Å². The number of halogens is 3. The zero-order chi connectivity index (χ0) is 17.4. The predicted molar refractivity (Wildman–Crippen MR) is 83.4 cm³/mol. The molecule has 0 fully saturated rings. The second-order valence-electron chi connectivity index (χ2n) is 4.99. The van der Waals surface area contributed by atoms with Gasteiger partial charge in [-0.15, -0.1) is 11.3 Å². The normalized spacial score (nSPS) is 12.8. The Labute approximate surface area is 139 Å². The Morgan fingerprint density at radius 3 is 2.67 bits per heavy atom. The lowest BCUT2D eigenvalue weighted by molar-refractivity contribution is -0.137. The topological polar surface area (TPSA) is 63.5 Å². The summed E-state index contributed by atoms with van der Waals surface area (Å²) in [6.45, 7) is 0.107. The highest BCUT2D eigenvalue weighted by atomic mass is 32.2. The molecule has 128 valence electrons. The molecular weight excluding hydrogens is 363 g/mol. The van der Waals surface area contributed by atoms with Gasteiger partial charge in [0.1, 0.15) is 9.86 Å². The molecule has 0 saturated carbocycles. The highest BCUT2D eigenvalue weighted by molar-refractivity contribution is 7.91. The van der Waals surface area contributed by atoms with Gasteiger partial charge in [-0.2, -0.15) is 13.2 Å².